The summed E-state index contributed by atoms with van der Waals surface area (Å²) in [6.07, 6.45) is 9.46. The first kappa shape index (κ1) is 12.5. The van der Waals surface area contributed by atoms with Crippen LogP contribution in [0.2, 0.25) is 0 Å². The molecular weight excluding hydrogens is 236 g/mol. The fourth-order valence-corrected chi connectivity index (χ4v) is 2.94. The van der Waals surface area contributed by atoms with Gasteiger partial charge < -0.3 is 14.0 Å². The number of hydrogen-bond donors (Lipinski definition) is 0. The second-order valence-corrected chi connectivity index (χ2v) is 5.35. The van der Waals surface area contributed by atoms with Gasteiger partial charge in [-0.2, -0.15) is 0 Å². The van der Waals surface area contributed by atoms with Crippen molar-refractivity contribution < 1.29 is 4.74 Å². The maximum absolute atomic E-state index is 5.26. The molecule has 0 amide bonds. The number of hydrogen-bond acceptors (Lipinski definition) is 2. The molecule has 0 aliphatic carbocycles. The van der Waals surface area contributed by atoms with Crippen LogP contribution in [0.5, 0.6) is 5.75 Å². The van der Waals surface area contributed by atoms with Crippen molar-refractivity contribution in [3.63, 3.8) is 0 Å². The van der Waals surface area contributed by atoms with Crippen LogP contribution in [0.4, 0.5) is 0 Å². The van der Waals surface area contributed by atoms with E-state index in [9.17, 15) is 0 Å². The SMILES string of the molecule is COc1ccc2c(CCN3CCCCC3)ccn2c1. The molecule has 3 nitrogen and oxygen atoms in total. The van der Waals surface area contributed by atoms with Crippen LogP contribution < -0.4 is 4.74 Å². The summed E-state index contributed by atoms with van der Waals surface area (Å²) < 4.78 is 7.41. The van der Waals surface area contributed by atoms with E-state index in [0.717, 1.165) is 12.2 Å². The smallest absolute Gasteiger partial charge is 0.135 e. The number of likely N-dealkylation sites (tertiary alicyclic amines) is 1. The minimum Gasteiger partial charge on any atom is -0.495 e. The summed E-state index contributed by atoms with van der Waals surface area (Å²) in [4.78, 5) is 2.59. The Morgan fingerprint density at radius 2 is 1.95 bits per heavy atom. The van der Waals surface area contributed by atoms with Crippen molar-refractivity contribution in [3.8, 4) is 5.75 Å². The van der Waals surface area contributed by atoms with Gasteiger partial charge in [-0.15, -0.1) is 0 Å². The molecule has 2 aromatic rings. The van der Waals surface area contributed by atoms with Crippen LogP contribution in [-0.2, 0) is 6.42 Å². The summed E-state index contributed by atoms with van der Waals surface area (Å²) in [5.41, 5.74) is 2.74. The van der Waals surface area contributed by atoms with Gasteiger partial charge in [0.2, 0.25) is 0 Å². The standard InChI is InChI=1S/C16H22N2O/c1-19-15-5-6-16-14(8-12-18(16)13-15)7-11-17-9-3-2-4-10-17/h5-6,8,12-13H,2-4,7,9-11H2,1H3. The van der Waals surface area contributed by atoms with E-state index in [2.05, 4.69) is 27.6 Å². The van der Waals surface area contributed by atoms with Crippen LogP contribution in [-0.4, -0.2) is 36.0 Å². The third-order valence-electron chi connectivity index (χ3n) is 4.10. The second-order valence-electron chi connectivity index (χ2n) is 5.35. The highest BCUT2D eigenvalue weighted by molar-refractivity contribution is 5.57. The zero-order valence-corrected chi connectivity index (χ0v) is 11.6. The summed E-state index contributed by atoms with van der Waals surface area (Å²) in [5, 5.41) is 0. The highest BCUT2D eigenvalue weighted by Gasteiger charge is 2.11. The third-order valence-corrected chi connectivity index (χ3v) is 4.10. The van der Waals surface area contributed by atoms with Crippen molar-refractivity contribution >= 4 is 5.52 Å². The number of aromatic nitrogens is 1. The molecule has 1 fully saturated rings. The molecule has 0 aromatic carbocycles. The molecule has 1 aliphatic rings. The number of fused-ring (bicyclic) bond motifs is 1. The summed E-state index contributed by atoms with van der Waals surface area (Å²) in [6.45, 7) is 3.74. The first-order valence-electron chi connectivity index (χ1n) is 7.23. The number of piperidine rings is 1. The Labute approximate surface area is 114 Å². The van der Waals surface area contributed by atoms with Gasteiger partial charge in [-0.3, -0.25) is 0 Å². The predicted octanol–water partition coefficient (Wildman–Crippen LogP) is 2.98. The van der Waals surface area contributed by atoms with Gasteiger partial charge >= 0.3 is 0 Å². The molecule has 0 saturated carbocycles. The molecule has 0 bridgehead atoms. The fourth-order valence-electron chi connectivity index (χ4n) is 2.94. The number of methoxy groups -OCH3 is 1. The van der Waals surface area contributed by atoms with Crippen molar-refractivity contribution in [2.24, 2.45) is 0 Å². The van der Waals surface area contributed by atoms with Crippen molar-refractivity contribution in [2.75, 3.05) is 26.7 Å². The average Bonchev–Trinajstić information content (AvgIpc) is 2.88. The summed E-state index contributed by atoms with van der Waals surface area (Å²) in [7, 11) is 1.71. The molecule has 3 heterocycles. The zero-order chi connectivity index (χ0) is 13.1. The first-order valence-corrected chi connectivity index (χ1v) is 7.23. The molecule has 102 valence electrons. The highest BCUT2D eigenvalue weighted by atomic mass is 16.5. The first-order chi connectivity index (χ1) is 9.36. The van der Waals surface area contributed by atoms with Gasteiger partial charge in [0.15, 0.2) is 0 Å². The Morgan fingerprint density at radius 1 is 1.11 bits per heavy atom. The third kappa shape index (κ3) is 2.76. The van der Waals surface area contributed by atoms with Crippen molar-refractivity contribution in [2.45, 2.75) is 25.7 Å². The number of nitrogens with zero attached hydrogens (tertiary/aromatic N) is 2. The largest absolute Gasteiger partial charge is 0.495 e. The predicted molar refractivity (Wildman–Crippen MR) is 77.9 cm³/mol. The average molecular weight is 258 g/mol. The van der Waals surface area contributed by atoms with E-state index >= 15 is 0 Å². The second kappa shape index (κ2) is 5.66. The Kier molecular flexibility index (Phi) is 3.74. The maximum Gasteiger partial charge on any atom is 0.135 e. The Bertz CT molecular complexity index is 541. The van der Waals surface area contributed by atoms with Crippen molar-refractivity contribution in [3.05, 3.63) is 36.2 Å². The lowest BCUT2D eigenvalue weighted by Crippen LogP contribution is -2.31. The number of ether oxygens (including phenoxy) is 1. The number of pyridine rings is 1. The van der Waals surface area contributed by atoms with Crippen LogP contribution in [0.25, 0.3) is 5.52 Å². The number of rotatable bonds is 4. The Balaban J connectivity index is 1.70. The van der Waals surface area contributed by atoms with E-state index in [-0.39, 0.29) is 0 Å². The molecule has 1 aliphatic heterocycles. The highest BCUT2D eigenvalue weighted by Crippen LogP contribution is 2.19. The maximum atomic E-state index is 5.26. The summed E-state index contributed by atoms with van der Waals surface area (Å²) in [6, 6.07) is 6.43. The molecule has 0 N–H and O–H groups in total. The molecule has 0 unspecified atom stereocenters. The van der Waals surface area contributed by atoms with Crippen LogP contribution in [0.3, 0.4) is 0 Å². The van der Waals surface area contributed by atoms with Gasteiger partial charge in [0, 0.05) is 18.3 Å². The Hall–Kier alpha value is -1.48. The van der Waals surface area contributed by atoms with E-state index in [1.165, 1.54) is 50.0 Å². The van der Waals surface area contributed by atoms with Gasteiger partial charge in [0.25, 0.3) is 0 Å². The summed E-state index contributed by atoms with van der Waals surface area (Å²) in [5.74, 6) is 0.908. The van der Waals surface area contributed by atoms with Gasteiger partial charge in [-0.1, -0.05) is 6.42 Å². The van der Waals surface area contributed by atoms with Crippen molar-refractivity contribution in [1.82, 2.24) is 9.30 Å². The fraction of sp³-hybridized carbons (Fsp3) is 0.500. The van der Waals surface area contributed by atoms with Crippen LogP contribution >= 0.6 is 0 Å². The van der Waals surface area contributed by atoms with Gasteiger partial charge in [-0.25, -0.2) is 0 Å². The minimum absolute atomic E-state index is 0.908. The minimum atomic E-state index is 0.908. The molecule has 19 heavy (non-hydrogen) atoms. The van der Waals surface area contributed by atoms with E-state index in [1.807, 2.05) is 12.3 Å². The molecular formula is C16H22N2O. The normalized spacial score (nSPS) is 16.9. The van der Waals surface area contributed by atoms with Crippen LogP contribution in [0.1, 0.15) is 24.8 Å². The topological polar surface area (TPSA) is 16.9 Å². The molecule has 3 rings (SSSR count). The molecule has 3 heteroatoms. The van der Waals surface area contributed by atoms with Crippen LogP contribution in [0, 0.1) is 0 Å². The van der Waals surface area contributed by atoms with E-state index in [0.29, 0.717) is 0 Å². The molecule has 0 atom stereocenters. The monoisotopic (exact) mass is 258 g/mol. The lowest BCUT2D eigenvalue weighted by atomic mass is 10.1. The van der Waals surface area contributed by atoms with Gasteiger partial charge in [-0.05, 0) is 56.1 Å². The van der Waals surface area contributed by atoms with Gasteiger partial charge in [0.1, 0.15) is 5.75 Å². The van der Waals surface area contributed by atoms with E-state index in [4.69, 9.17) is 4.74 Å². The molecule has 0 spiro atoms. The zero-order valence-electron chi connectivity index (χ0n) is 11.6. The lowest BCUT2D eigenvalue weighted by Gasteiger charge is -2.26. The quantitative estimate of drug-likeness (QED) is 0.838. The van der Waals surface area contributed by atoms with Crippen LogP contribution in [0.15, 0.2) is 30.6 Å². The lowest BCUT2D eigenvalue weighted by molar-refractivity contribution is 0.231. The summed E-state index contributed by atoms with van der Waals surface area (Å²) >= 11 is 0. The van der Waals surface area contributed by atoms with E-state index in [1.54, 1.807) is 7.11 Å². The van der Waals surface area contributed by atoms with Crippen molar-refractivity contribution in [1.29, 1.82) is 0 Å². The van der Waals surface area contributed by atoms with Gasteiger partial charge in [0.05, 0.1) is 13.3 Å². The van der Waals surface area contributed by atoms with E-state index < -0.39 is 0 Å². The Morgan fingerprint density at radius 3 is 2.74 bits per heavy atom. The molecule has 1 saturated heterocycles. The molecule has 0 radical (unpaired) electrons. The molecule has 2 aromatic heterocycles.